The van der Waals surface area contributed by atoms with Crippen LogP contribution < -0.4 is 5.32 Å². The van der Waals surface area contributed by atoms with Crippen molar-refractivity contribution in [2.24, 2.45) is 0 Å². The third-order valence-electron chi connectivity index (χ3n) is 4.04. The average molecular weight is 331 g/mol. The minimum Gasteiger partial charge on any atom is -0.467 e. The SMILES string of the molecule is COC(=O)C(C)(c1ccc(Cl)c(Cl)c1)N1CCCNCC1. The molecule has 1 unspecified atom stereocenters. The van der Waals surface area contributed by atoms with Gasteiger partial charge in [0.05, 0.1) is 17.2 Å². The highest BCUT2D eigenvalue weighted by Crippen LogP contribution is 2.34. The van der Waals surface area contributed by atoms with Gasteiger partial charge in [-0.1, -0.05) is 29.3 Å². The second-order valence-corrected chi connectivity index (χ2v) is 6.10. The van der Waals surface area contributed by atoms with Gasteiger partial charge >= 0.3 is 5.97 Å². The number of nitrogens with zero attached hydrogens (tertiary/aromatic N) is 1. The summed E-state index contributed by atoms with van der Waals surface area (Å²) in [6.07, 6.45) is 0.980. The van der Waals surface area contributed by atoms with E-state index in [4.69, 9.17) is 27.9 Å². The van der Waals surface area contributed by atoms with Gasteiger partial charge in [-0.05, 0) is 37.6 Å². The van der Waals surface area contributed by atoms with E-state index in [1.165, 1.54) is 7.11 Å². The molecule has 1 fully saturated rings. The van der Waals surface area contributed by atoms with Crippen molar-refractivity contribution in [1.82, 2.24) is 10.2 Å². The molecule has 2 rings (SSSR count). The van der Waals surface area contributed by atoms with E-state index in [2.05, 4.69) is 10.2 Å². The van der Waals surface area contributed by atoms with Gasteiger partial charge in [-0.3, -0.25) is 4.90 Å². The third kappa shape index (κ3) is 3.34. The number of nitrogens with one attached hydrogen (secondary N) is 1. The summed E-state index contributed by atoms with van der Waals surface area (Å²) in [6.45, 7) is 5.26. The molecule has 0 saturated carbocycles. The van der Waals surface area contributed by atoms with Gasteiger partial charge in [-0.15, -0.1) is 0 Å². The number of ether oxygens (including phenoxy) is 1. The van der Waals surface area contributed by atoms with Gasteiger partial charge in [0.2, 0.25) is 0 Å². The van der Waals surface area contributed by atoms with Crippen LogP contribution in [0.1, 0.15) is 18.9 Å². The second kappa shape index (κ2) is 6.97. The van der Waals surface area contributed by atoms with Gasteiger partial charge in [0.15, 0.2) is 0 Å². The fourth-order valence-corrected chi connectivity index (χ4v) is 3.02. The summed E-state index contributed by atoms with van der Waals surface area (Å²) < 4.78 is 5.06. The molecule has 0 aliphatic carbocycles. The minimum absolute atomic E-state index is 0.289. The third-order valence-corrected chi connectivity index (χ3v) is 4.78. The first kappa shape index (κ1) is 16.6. The Morgan fingerprint density at radius 2 is 2.05 bits per heavy atom. The molecule has 0 radical (unpaired) electrons. The highest BCUT2D eigenvalue weighted by Gasteiger charge is 2.42. The lowest BCUT2D eigenvalue weighted by atomic mass is 9.89. The first-order valence-corrected chi connectivity index (χ1v) is 7.75. The number of carbonyl (C=O) groups is 1. The molecule has 6 heteroatoms. The molecule has 21 heavy (non-hydrogen) atoms. The van der Waals surface area contributed by atoms with Crippen molar-refractivity contribution >= 4 is 29.2 Å². The first-order valence-electron chi connectivity index (χ1n) is 7.00. The van der Waals surface area contributed by atoms with E-state index >= 15 is 0 Å². The zero-order chi connectivity index (χ0) is 15.5. The summed E-state index contributed by atoms with van der Waals surface area (Å²) in [5.41, 5.74) is -0.0692. The number of carbonyl (C=O) groups excluding carboxylic acids is 1. The van der Waals surface area contributed by atoms with Crippen LogP contribution in [0.2, 0.25) is 10.0 Å². The molecule has 1 aliphatic heterocycles. The predicted molar refractivity (Wildman–Crippen MR) is 84.9 cm³/mol. The zero-order valence-corrected chi connectivity index (χ0v) is 13.8. The summed E-state index contributed by atoms with van der Waals surface area (Å²) in [6, 6.07) is 5.30. The second-order valence-electron chi connectivity index (χ2n) is 5.28. The van der Waals surface area contributed by atoms with E-state index in [0.717, 1.165) is 38.2 Å². The lowest BCUT2D eigenvalue weighted by molar-refractivity contribution is -0.155. The molecule has 1 aliphatic rings. The van der Waals surface area contributed by atoms with Gasteiger partial charge in [-0.25, -0.2) is 4.79 Å². The Labute approximate surface area is 135 Å². The van der Waals surface area contributed by atoms with Gasteiger partial charge in [0.25, 0.3) is 0 Å². The number of hydrogen-bond donors (Lipinski definition) is 1. The maximum Gasteiger partial charge on any atom is 0.330 e. The predicted octanol–water partition coefficient (Wildman–Crippen LogP) is 2.68. The maximum absolute atomic E-state index is 12.5. The van der Waals surface area contributed by atoms with Crippen LogP contribution in [-0.2, 0) is 15.1 Å². The normalized spacial score (nSPS) is 19.6. The van der Waals surface area contributed by atoms with E-state index in [0.29, 0.717) is 10.0 Å². The van der Waals surface area contributed by atoms with Crippen LogP contribution in [0.25, 0.3) is 0 Å². The molecule has 1 atom stereocenters. The highest BCUT2D eigenvalue weighted by atomic mass is 35.5. The van der Waals surface area contributed by atoms with Crippen LogP contribution in [0.4, 0.5) is 0 Å². The molecule has 0 aromatic heterocycles. The highest BCUT2D eigenvalue weighted by molar-refractivity contribution is 6.42. The van der Waals surface area contributed by atoms with E-state index < -0.39 is 5.54 Å². The molecule has 0 bridgehead atoms. The van der Waals surface area contributed by atoms with E-state index in [1.807, 2.05) is 13.0 Å². The molecular formula is C15H20Cl2N2O2. The number of benzene rings is 1. The van der Waals surface area contributed by atoms with Crippen molar-refractivity contribution in [3.63, 3.8) is 0 Å². The number of rotatable bonds is 3. The molecule has 0 spiro atoms. The van der Waals surface area contributed by atoms with E-state index in [-0.39, 0.29) is 5.97 Å². The van der Waals surface area contributed by atoms with Crippen LogP contribution >= 0.6 is 23.2 Å². The van der Waals surface area contributed by atoms with Crippen molar-refractivity contribution in [2.75, 3.05) is 33.3 Å². The summed E-state index contributed by atoms with van der Waals surface area (Å²) in [5, 5.41) is 4.26. The molecule has 0 amide bonds. The Balaban J connectivity index is 2.44. The quantitative estimate of drug-likeness (QED) is 0.865. The summed E-state index contributed by atoms with van der Waals surface area (Å²) in [4.78, 5) is 14.6. The number of methoxy groups -OCH3 is 1. The molecule has 1 aromatic rings. The Morgan fingerprint density at radius 3 is 2.71 bits per heavy atom. The van der Waals surface area contributed by atoms with Gasteiger partial charge in [0.1, 0.15) is 5.54 Å². The van der Waals surface area contributed by atoms with Gasteiger partial charge < -0.3 is 10.1 Å². The Morgan fingerprint density at radius 1 is 1.29 bits per heavy atom. The first-order chi connectivity index (χ1) is 10.00. The van der Waals surface area contributed by atoms with Crippen LogP contribution in [0.3, 0.4) is 0 Å². The fraction of sp³-hybridized carbons (Fsp3) is 0.533. The molecule has 1 saturated heterocycles. The van der Waals surface area contributed by atoms with Gasteiger partial charge in [-0.2, -0.15) is 0 Å². The van der Waals surface area contributed by atoms with Gasteiger partial charge in [0, 0.05) is 19.6 Å². The molecule has 4 nitrogen and oxygen atoms in total. The Bertz CT molecular complexity index is 516. The van der Waals surface area contributed by atoms with Crippen molar-refractivity contribution in [2.45, 2.75) is 18.9 Å². The Kier molecular flexibility index (Phi) is 5.49. The maximum atomic E-state index is 12.5. The van der Waals surface area contributed by atoms with Crippen molar-refractivity contribution in [3.8, 4) is 0 Å². The summed E-state index contributed by atoms with van der Waals surface area (Å²) in [5.74, 6) is -0.289. The largest absolute Gasteiger partial charge is 0.467 e. The Hall–Kier alpha value is -0.810. The molecule has 1 N–H and O–H groups in total. The fourth-order valence-electron chi connectivity index (χ4n) is 2.72. The molecule has 116 valence electrons. The number of halogens is 2. The molecular weight excluding hydrogens is 311 g/mol. The smallest absolute Gasteiger partial charge is 0.330 e. The average Bonchev–Trinajstić information content (AvgIpc) is 2.77. The topological polar surface area (TPSA) is 41.6 Å². The lowest BCUT2D eigenvalue weighted by Crippen LogP contribution is -2.51. The zero-order valence-electron chi connectivity index (χ0n) is 12.3. The molecule has 1 heterocycles. The monoisotopic (exact) mass is 330 g/mol. The van der Waals surface area contributed by atoms with Crippen LogP contribution in [0.15, 0.2) is 18.2 Å². The number of esters is 1. The van der Waals surface area contributed by atoms with E-state index in [9.17, 15) is 4.79 Å². The van der Waals surface area contributed by atoms with Crippen molar-refractivity contribution in [1.29, 1.82) is 0 Å². The van der Waals surface area contributed by atoms with Crippen LogP contribution in [0, 0.1) is 0 Å². The summed E-state index contributed by atoms with van der Waals surface area (Å²) >= 11 is 12.1. The molecule has 1 aromatic carbocycles. The van der Waals surface area contributed by atoms with Crippen LogP contribution in [0.5, 0.6) is 0 Å². The standard InChI is InChI=1S/C15H20Cl2N2O2/c1-15(14(20)21-2,19-8-3-6-18-7-9-19)11-4-5-12(16)13(17)10-11/h4-5,10,18H,3,6-9H2,1-2H3. The van der Waals surface area contributed by atoms with E-state index in [1.54, 1.807) is 12.1 Å². The van der Waals surface area contributed by atoms with Crippen molar-refractivity contribution < 1.29 is 9.53 Å². The lowest BCUT2D eigenvalue weighted by Gasteiger charge is -2.38. The minimum atomic E-state index is -0.866. The number of hydrogen-bond acceptors (Lipinski definition) is 4. The van der Waals surface area contributed by atoms with Crippen molar-refractivity contribution in [3.05, 3.63) is 33.8 Å². The summed E-state index contributed by atoms with van der Waals surface area (Å²) in [7, 11) is 1.41. The van der Waals surface area contributed by atoms with Crippen LogP contribution in [-0.4, -0.2) is 44.2 Å².